The molecule has 0 aromatic rings. The van der Waals surface area contributed by atoms with Gasteiger partial charge < -0.3 is 5.48 Å². The van der Waals surface area contributed by atoms with Crippen LogP contribution in [0.15, 0.2) is 0 Å². The molecule has 0 aliphatic rings. The maximum absolute atomic E-state index is 4.95. The molecule has 0 aromatic heterocycles. The Labute approximate surface area is 83.4 Å². The number of rotatable bonds is 0. The Hall–Kier alpha value is 2.64. The van der Waals surface area contributed by atoms with E-state index in [0.717, 1.165) is 0 Å². The molecule has 0 spiro atoms. The zero-order chi connectivity index (χ0) is 4.50. The van der Waals surface area contributed by atoms with Gasteiger partial charge in [-0.25, -0.2) is 0 Å². The molecule has 1 nitrogen and oxygen atoms in total. The van der Waals surface area contributed by atoms with E-state index in [-0.39, 0.29) is 35.0 Å². The molecule has 7 heavy (non-hydrogen) atoms. The predicted octanol–water partition coefficient (Wildman–Crippen LogP) is -1.07. The molecule has 0 fully saturated rings. The Morgan fingerprint density at radius 2 is 0.857 bits per heavy atom. The molecule has 0 aliphatic heterocycles. The molecule has 0 atom stereocenters. The van der Waals surface area contributed by atoms with Gasteiger partial charge in [0.1, 0.15) is 0 Å². The molecule has 0 unspecified atom stereocenters. The summed E-state index contributed by atoms with van der Waals surface area (Å²) in [7, 11) is 17.2. The van der Waals surface area contributed by atoms with Gasteiger partial charge in [-0.05, 0) is 0 Å². The van der Waals surface area contributed by atoms with Crippen LogP contribution < -0.4 is 29.6 Å². The van der Waals surface area contributed by atoms with Crippen LogP contribution in [0, 0.1) is 0 Å². The minimum absolute atomic E-state index is 0. The molecule has 7 heteroatoms. The minimum atomic E-state index is -2.61. The fourth-order valence-electron chi connectivity index (χ4n) is 0. The Morgan fingerprint density at radius 3 is 0.857 bits per heavy atom. The smallest absolute Gasteiger partial charge is 1.00 e. The first kappa shape index (κ1) is 16.3. The van der Waals surface area contributed by atoms with Crippen LogP contribution in [0.2, 0.25) is 0 Å². The Balaban J connectivity index is -0.0000000800. The summed E-state index contributed by atoms with van der Waals surface area (Å²) in [5.74, 6) is 0. The van der Waals surface area contributed by atoms with Crippen molar-refractivity contribution in [3.8, 4) is 0 Å². The fourth-order valence-corrected chi connectivity index (χ4v) is 0. The normalized spacial score (nSPS) is 10.9. The molecule has 0 aliphatic carbocycles. The quantitative estimate of drug-likeness (QED) is 0.482. The largest absolute Gasteiger partial charge is 1.00 e. The summed E-state index contributed by atoms with van der Waals surface area (Å²) in [6.45, 7) is 0. The van der Waals surface area contributed by atoms with Gasteiger partial charge >= 0.3 is 79.1 Å². The zero-order valence-electron chi connectivity index (χ0n) is 3.37. The summed E-state index contributed by atoms with van der Waals surface area (Å²) in [6, 6.07) is 0. The molecule has 0 aromatic carbocycles. The molecular formula is H2Cl4FeNaO. The third kappa shape index (κ3) is 54.7. The van der Waals surface area contributed by atoms with Crippen molar-refractivity contribution in [2.45, 2.75) is 0 Å². The van der Waals surface area contributed by atoms with E-state index in [4.69, 9.17) is 40.4 Å². The first-order chi connectivity index (χ1) is 2.00. The molecule has 2 N–H and O–H groups in total. The van der Waals surface area contributed by atoms with Crippen molar-refractivity contribution in [1.82, 2.24) is 0 Å². The van der Waals surface area contributed by atoms with Gasteiger partial charge in [-0.2, -0.15) is 0 Å². The zero-order valence-corrected chi connectivity index (χ0v) is 9.49. The molecule has 0 saturated heterocycles. The van der Waals surface area contributed by atoms with E-state index in [1.54, 1.807) is 0 Å². The standard InChI is InChI=1S/4ClH.Fe.Na.H2O/h4*1H;;;1H2/q;;;;+3;+1;/p-4. The summed E-state index contributed by atoms with van der Waals surface area (Å²) < 4.78 is 0. The number of hydrogen-bond donors (Lipinski definition) is 0. The van der Waals surface area contributed by atoms with E-state index < -0.39 is 9.20 Å². The van der Waals surface area contributed by atoms with Gasteiger partial charge in [0.05, 0.1) is 0 Å². The van der Waals surface area contributed by atoms with Crippen LogP contribution in [0.3, 0.4) is 0 Å². The first-order valence-corrected chi connectivity index (χ1v) is 6.61. The molecule has 0 bridgehead atoms. The van der Waals surface area contributed by atoms with Crippen LogP contribution in [0.1, 0.15) is 0 Å². The van der Waals surface area contributed by atoms with Gasteiger partial charge in [-0.3, -0.25) is 0 Å². The van der Waals surface area contributed by atoms with Crippen LogP contribution in [-0.4, -0.2) is 5.48 Å². The van der Waals surface area contributed by atoms with E-state index in [0.29, 0.717) is 0 Å². The van der Waals surface area contributed by atoms with Gasteiger partial charge in [0.25, 0.3) is 0 Å². The van der Waals surface area contributed by atoms with Crippen LogP contribution in [0.25, 0.3) is 0 Å². The van der Waals surface area contributed by atoms with Crippen molar-refractivity contribution in [3.05, 3.63) is 0 Å². The average Bonchev–Trinajstić information content (AvgIpc) is 0.722. The van der Waals surface area contributed by atoms with Crippen molar-refractivity contribution in [1.29, 1.82) is 0 Å². The second-order valence-corrected chi connectivity index (χ2v) is 11.2. The third-order valence-corrected chi connectivity index (χ3v) is 0. The van der Waals surface area contributed by atoms with Crippen molar-refractivity contribution in [2.24, 2.45) is 0 Å². The van der Waals surface area contributed by atoms with Gasteiger partial charge in [0.15, 0.2) is 0 Å². The average molecular weight is 239 g/mol. The maximum Gasteiger partial charge on any atom is 1.00 e. The summed E-state index contributed by atoms with van der Waals surface area (Å²) in [5, 5.41) is 0. The minimum Gasteiger partial charge on any atom is 1.00 e. The molecule has 0 saturated carbocycles. The number of hydrogen-bond acceptors (Lipinski definition) is 0. The first-order valence-electron chi connectivity index (χ1n) is 0.535. The van der Waals surface area contributed by atoms with Crippen LogP contribution >= 0.6 is 40.4 Å². The predicted molar refractivity (Wildman–Crippen MR) is 27.0 cm³/mol. The number of halogens is 4. The Bertz CT molecular complexity index is 27.2. The van der Waals surface area contributed by atoms with Crippen molar-refractivity contribution < 1.29 is 44.2 Å². The van der Waals surface area contributed by atoms with Crippen molar-refractivity contribution in [3.63, 3.8) is 0 Å². The monoisotopic (exact) mass is 237 g/mol. The molecule has 0 heterocycles. The summed E-state index contributed by atoms with van der Waals surface area (Å²) >= 11 is 0. The Morgan fingerprint density at radius 1 is 0.857 bits per heavy atom. The van der Waals surface area contributed by atoms with Crippen LogP contribution in [0.5, 0.6) is 0 Å². The van der Waals surface area contributed by atoms with Crippen molar-refractivity contribution in [2.75, 3.05) is 0 Å². The second-order valence-electron chi connectivity index (χ2n) is 0.303. The van der Waals surface area contributed by atoms with E-state index in [2.05, 4.69) is 0 Å². The Kier molecular flexibility index (Phi) is 15.8. The molecule has 0 rings (SSSR count). The van der Waals surface area contributed by atoms with Gasteiger partial charge in [-0.1, -0.05) is 0 Å². The van der Waals surface area contributed by atoms with Crippen LogP contribution in [-0.2, 0) is 9.20 Å². The van der Waals surface area contributed by atoms with E-state index >= 15 is 0 Å². The van der Waals surface area contributed by atoms with Gasteiger partial charge in [0, 0.05) is 0 Å². The third-order valence-electron chi connectivity index (χ3n) is 0. The van der Waals surface area contributed by atoms with E-state index in [1.165, 1.54) is 0 Å². The fraction of sp³-hybridized carbons (Fsp3) is 0. The van der Waals surface area contributed by atoms with E-state index in [9.17, 15) is 0 Å². The SMILES string of the molecule is O.[Cl][Fe-]([Cl])([Cl])[Cl].[Na+]. The summed E-state index contributed by atoms with van der Waals surface area (Å²) in [4.78, 5) is 0. The summed E-state index contributed by atoms with van der Waals surface area (Å²) in [6.07, 6.45) is 0. The van der Waals surface area contributed by atoms with Gasteiger partial charge in [-0.15, -0.1) is 0 Å². The van der Waals surface area contributed by atoms with E-state index in [1.807, 2.05) is 0 Å². The van der Waals surface area contributed by atoms with Crippen molar-refractivity contribution >= 4 is 40.4 Å². The molecule has 45 valence electrons. The molecule has 0 amide bonds. The molecule has 0 radical (unpaired) electrons. The second kappa shape index (κ2) is 6.76. The topological polar surface area (TPSA) is 31.5 Å². The molecular weight excluding hydrogens is 237 g/mol. The van der Waals surface area contributed by atoms with Crippen LogP contribution in [0.4, 0.5) is 0 Å². The summed E-state index contributed by atoms with van der Waals surface area (Å²) in [5.41, 5.74) is 0. The van der Waals surface area contributed by atoms with Gasteiger partial charge in [0.2, 0.25) is 0 Å². The maximum atomic E-state index is 4.95.